The van der Waals surface area contributed by atoms with Gasteiger partial charge in [0.15, 0.2) is 5.65 Å². The van der Waals surface area contributed by atoms with Crippen molar-refractivity contribution in [3.8, 4) is 10.9 Å². The first kappa shape index (κ1) is 17.7. The van der Waals surface area contributed by atoms with Crippen LogP contribution in [0, 0.1) is 0 Å². The zero-order chi connectivity index (χ0) is 19.3. The van der Waals surface area contributed by atoms with Gasteiger partial charge in [-0.3, -0.25) is 4.90 Å². The van der Waals surface area contributed by atoms with Crippen molar-refractivity contribution >= 4 is 39.3 Å². The Bertz CT molecular complexity index is 1040. The molecule has 144 valence electrons. The van der Waals surface area contributed by atoms with Gasteiger partial charge < -0.3 is 15.4 Å². The normalized spacial score (nSPS) is 21.5. The van der Waals surface area contributed by atoms with Gasteiger partial charge in [0.2, 0.25) is 0 Å². The van der Waals surface area contributed by atoms with Gasteiger partial charge >= 0.3 is 6.03 Å². The summed E-state index contributed by atoms with van der Waals surface area (Å²) in [7, 11) is 0. The summed E-state index contributed by atoms with van der Waals surface area (Å²) < 4.78 is 6.77. The zero-order valence-corrected chi connectivity index (χ0v) is 16.5. The molecule has 0 aliphatic carbocycles. The van der Waals surface area contributed by atoms with Gasteiger partial charge in [-0.05, 0) is 30.2 Å². The van der Waals surface area contributed by atoms with Gasteiger partial charge in [-0.15, -0.1) is 0 Å². The van der Waals surface area contributed by atoms with Gasteiger partial charge in [0, 0.05) is 37.9 Å². The Kier molecular flexibility index (Phi) is 4.34. The average Bonchev–Trinajstić information content (AvgIpc) is 3.36. The van der Waals surface area contributed by atoms with Crippen LogP contribution in [-0.2, 0) is 6.54 Å². The summed E-state index contributed by atoms with van der Waals surface area (Å²) in [6, 6.07) is 10.2. The van der Waals surface area contributed by atoms with E-state index in [0.717, 1.165) is 36.5 Å². The number of halogens is 1. The van der Waals surface area contributed by atoms with E-state index in [0.29, 0.717) is 21.9 Å². The number of amides is 2. The average molecular weight is 416 g/mol. The Hall–Kier alpha value is -2.42. The summed E-state index contributed by atoms with van der Waals surface area (Å²) in [5.74, 6) is 0.733. The van der Waals surface area contributed by atoms with Crippen molar-refractivity contribution < 1.29 is 9.53 Å². The van der Waals surface area contributed by atoms with Crippen LogP contribution in [0.3, 0.4) is 0 Å². The van der Waals surface area contributed by atoms with E-state index >= 15 is 0 Å². The fraction of sp³-hybridized carbons (Fsp3) is 0.316. The van der Waals surface area contributed by atoms with Crippen LogP contribution in [0.15, 0.2) is 36.5 Å². The number of ether oxygens (including phenoxy) is 1. The number of likely N-dealkylation sites (tertiary alicyclic amines) is 2. The number of hydrogen-bond donors (Lipinski definition) is 1. The Labute approximate surface area is 170 Å². The lowest BCUT2D eigenvalue weighted by Crippen LogP contribution is -2.50. The quantitative estimate of drug-likeness (QED) is 0.705. The van der Waals surface area contributed by atoms with Crippen molar-refractivity contribution in [2.75, 3.05) is 13.1 Å². The minimum absolute atomic E-state index is 0.256. The van der Waals surface area contributed by atoms with E-state index in [9.17, 15) is 4.79 Å². The summed E-state index contributed by atoms with van der Waals surface area (Å²) in [6.45, 7) is 2.47. The fourth-order valence-corrected chi connectivity index (χ4v) is 5.09. The summed E-state index contributed by atoms with van der Waals surface area (Å²) in [5.41, 5.74) is 7.28. The van der Waals surface area contributed by atoms with E-state index in [1.807, 2.05) is 18.2 Å². The topological polar surface area (TPSA) is 84.6 Å². The number of pyridine rings is 1. The van der Waals surface area contributed by atoms with Crippen LogP contribution in [0.4, 0.5) is 4.79 Å². The van der Waals surface area contributed by atoms with E-state index in [2.05, 4.69) is 27.0 Å². The Morgan fingerprint density at radius 3 is 2.82 bits per heavy atom. The standard InChI is InChI=1S/C19H18ClN5O2S/c20-12-5-16-17(22-7-12)23-19(28-16)27-15-3-1-11(2-4-15)8-24-9-14-6-13(24)10-25(14)18(21)26/h1-5,7,13-14H,6,8-10H2,(H2,21,26)/t13-,14-/m0/s1. The molecule has 0 spiro atoms. The van der Waals surface area contributed by atoms with Crippen LogP contribution in [0.25, 0.3) is 10.3 Å². The monoisotopic (exact) mass is 415 g/mol. The smallest absolute Gasteiger partial charge is 0.315 e. The third kappa shape index (κ3) is 3.28. The molecular formula is C19H18ClN5O2S. The van der Waals surface area contributed by atoms with Crippen molar-refractivity contribution in [1.29, 1.82) is 0 Å². The van der Waals surface area contributed by atoms with E-state index in [1.165, 1.54) is 16.9 Å². The molecule has 0 radical (unpaired) electrons. The summed E-state index contributed by atoms with van der Waals surface area (Å²) in [6.07, 6.45) is 2.59. The van der Waals surface area contributed by atoms with E-state index in [1.54, 1.807) is 11.1 Å². The van der Waals surface area contributed by atoms with Crippen LogP contribution < -0.4 is 10.5 Å². The highest BCUT2D eigenvalue weighted by Gasteiger charge is 2.44. The second kappa shape index (κ2) is 6.88. The number of carbonyl (C=O) groups excluding carboxylic acids is 1. The maximum Gasteiger partial charge on any atom is 0.315 e. The molecule has 3 aromatic rings. The number of fused-ring (bicyclic) bond motifs is 3. The highest BCUT2D eigenvalue weighted by atomic mass is 35.5. The fourth-order valence-electron chi connectivity index (χ4n) is 4.03. The summed E-state index contributed by atoms with van der Waals surface area (Å²) in [5, 5.41) is 1.13. The Morgan fingerprint density at radius 2 is 2.11 bits per heavy atom. The van der Waals surface area contributed by atoms with Crippen LogP contribution in [0.2, 0.25) is 5.02 Å². The lowest BCUT2D eigenvalue weighted by atomic mass is 10.2. The first-order valence-electron chi connectivity index (χ1n) is 9.04. The number of piperazine rings is 1. The van der Waals surface area contributed by atoms with Crippen molar-refractivity contribution in [1.82, 2.24) is 19.8 Å². The van der Waals surface area contributed by atoms with Gasteiger partial charge in [-0.2, -0.15) is 4.98 Å². The number of nitrogens with two attached hydrogens (primary N) is 1. The third-order valence-electron chi connectivity index (χ3n) is 5.35. The number of thiazole rings is 1. The summed E-state index contributed by atoms with van der Waals surface area (Å²) >= 11 is 7.38. The van der Waals surface area contributed by atoms with Crippen molar-refractivity contribution in [2.24, 2.45) is 5.73 Å². The molecule has 2 aliphatic rings. The van der Waals surface area contributed by atoms with Gasteiger partial charge in [-0.1, -0.05) is 35.1 Å². The van der Waals surface area contributed by atoms with Crippen molar-refractivity contribution in [3.63, 3.8) is 0 Å². The molecule has 2 aliphatic heterocycles. The highest BCUT2D eigenvalue weighted by molar-refractivity contribution is 7.20. The molecule has 7 nitrogen and oxygen atoms in total. The second-order valence-electron chi connectivity index (χ2n) is 7.16. The molecule has 1 aromatic carbocycles. The number of primary amides is 1. The third-order valence-corrected chi connectivity index (χ3v) is 6.42. The minimum Gasteiger partial charge on any atom is -0.431 e. The molecule has 2 fully saturated rings. The van der Waals surface area contributed by atoms with Crippen molar-refractivity contribution in [2.45, 2.75) is 25.0 Å². The lowest BCUT2D eigenvalue weighted by Gasteiger charge is -2.33. The maximum absolute atomic E-state index is 11.4. The number of aromatic nitrogens is 2. The molecule has 2 amide bonds. The molecule has 2 N–H and O–H groups in total. The van der Waals surface area contributed by atoms with Gasteiger partial charge in [0.25, 0.3) is 5.19 Å². The van der Waals surface area contributed by atoms with Crippen LogP contribution >= 0.6 is 22.9 Å². The zero-order valence-electron chi connectivity index (χ0n) is 14.9. The molecule has 2 atom stereocenters. The molecule has 28 heavy (non-hydrogen) atoms. The lowest BCUT2D eigenvalue weighted by molar-refractivity contribution is 0.137. The highest BCUT2D eigenvalue weighted by Crippen LogP contribution is 2.33. The van der Waals surface area contributed by atoms with Gasteiger partial charge in [-0.25, -0.2) is 9.78 Å². The molecule has 9 heteroatoms. The van der Waals surface area contributed by atoms with Crippen LogP contribution in [0.5, 0.6) is 10.9 Å². The molecule has 4 heterocycles. The first-order chi connectivity index (χ1) is 13.5. The number of hydrogen-bond acceptors (Lipinski definition) is 6. The molecule has 5 rings (SSSR count). The molecule has 0 unspecified atom stereocenters. The van der Waals surface area contributed by atoms with Crippen molar-refractivity contribution in [3.05, 3.63) is 47.1 Å². The molecule has 2 bridgehead atoms. The van der Waals surface area contributed by atoms with E-state index < -0.39 is 0 Å². The number of carbonyl (C=O) groups is 1. The second-order valence-corrected chi connectivity index (χ2v) is 8.59. The molecule has 2 saturated heterocycles. The largest absolute Gasteiger partial charge is 0.431 e. The van der Waals surface area contributed by atoms with Crippen LogP contribution in [0.1, 0.15) is 12.0 Å². The predicted octanol–water partition coefficient (Wildman–Crippen LogP) is 3.47. The number of benzene rings is 1. The number of rotatable bonds is 4. The molecule has 2 aromatic heterocycles. The first-order valence-corrected chi connectivity index (χ1v) is 10.2. The van der Waals surface area contributed by atoms with Crippen LogP contribution in [-0.4, -0.2) is 51.0 Å². The van der Waals surface area contributed by atoms with E-state index in [-0.39, 0.29) is 12.1 Å². The number of nitrogens with zero attached hydrogens (tertiary/aromatic N) is 4. The Balaban J connectivity index is 1.23. The SMILES string of the molecule is NC(=O)N1C[C@@H]2C[C@H]1CN2Cc1ccc(Oc2nc3ncc(Cl)cc3s2)cc1. The predicted molar refractivity (Wildman–Crippen MR) is 108 cm³/mol. The van der Waals surface area contributed by atoms with Gasteiger partial charge in [0.1, 0.15) is 5.75 Å². The maximum atomic E-state index is 11.4. The minimum atomic E-state index is -0.305. The number of urea groups is 1. The Morgan fingerprint density at radius 1 is 1.29 bits per heavy atom. The molecule has 0 saturated carbocycles. The summed E-state index contributed by atoms with van der Waals surface area (Å²) in [4.78, 5) is 24.2. The molecular weight excluding hydrogens is 398 g/mol. The van der Waals surface area contributed by atoms with E-state index in [4.69, 9.17) is 22.1 Å². The van der Waals surface area contributed by atoms with Gasteiger partial charge in [0.05, 0.1) is 9.72 Å².